The van der Waals surface area contributed by atoms with E-state index in [1.54, 1.807) is 6.20 Å². The van der Waals surface area contributed by atoms with Gasteiger partial charge in [0.05, 0.1) is 11.3 Å². The van der Waals surface area contributed by atoms with Gasteiger partial charge in [-0.1, -0.05) is 36.4 Å². The van der Waals surface area contributed by atoms with Crippen molar-refractivity contribution in [2.75, 3.05) is 19.6 Å². The van der Waals surface area contributed by atoms with Gasteiger partial charge in [-0.25, -0.2) is 4.98 Å². The number of aromatic amines is 1. The Hall–Kier alpha value is -3.32. The van der Waals surface area contributed by atoms with E-state index >= 15 is 0 Å². The highest BCUT2D eigenvalue weighted by Gasteiger charge is 2.30. The first-order chi connectivity index (χ1) is 16.2. The van der Waals surface area contributed by atoms with Crippen LogP contribution >= 0.6 is 0 Å². The standard InChI is InChI=1S/C26H29N5O2/c32-24(9-8-19-5-2-1-3-6-19)31-14-10-21(17-31)25-28-23-11-13-30(18-22(23)26(33)29-25)16-20-7-4-12-27-15-20/h1-7,12,15,21H,8-11,13-14,16-18H2,(H,28,29,33). The Morgan fingerprint density at radius 1 is 1.09 bits per heavy atom. The van der Waals surface area contributed by atoms with Crippen LogP contribution in [0.25, 0.3) is 0 Å². The minimum atomic E-state index is -0.0419. The van der Waals surface area contributed by atoms with E-state index < -0.39 is 0 Å². The quantitative estimate of drug-likeness (QED) is 0.633. The molecule has 2 aromatic heterocycles. The van der Waals surface area contributed by atoms with Crippen molar-refractivity contribution in [3.63, 3.8) is 0 Å². The number of hydrogen-bond acceptors (Lipinski definition) is 5. The van der Waals surface area contributed by atoms with Crippen LogP contribution in [-0.2, 0) is 30.7 Å². The molecule has 4 heterocycles. The van der Waals surface area contributed by atoms with Crippen LogP contribution in [0, 0.1) is 0 Å². The SMILES string of the molecule is O=C(CCc1ccccc1)N1CCC(c2nc3c(c(=O)[nH]2)CN(Cc2cccnc2)CC3)C1. The number of benzene rings is 1. The summed E-state index contributed by atoms with van der Waals surface area (Å²) in [4.78, 5) is 41.9. The molecule has 7 nitrogen and oxygen atoms in total. The Balaban J connectivity index is 1.21. The molecule has 2 aliphatic rings. The summed E-state index contributed by atoms with van der Waals surface area (Å²) in [5.74, 6) is 1.00. The smallest absolute Gasteiger partial charge is 0.255 e. The lowest BCUT2D eigenvalue weighted by atomic mass is 10.0. The largest absolute Gasteiger partial charge is 0.342 e. The van der Waals surface area contributed by atoms with Crippen LogP contribution < -0.4 is 5.56 Å². The third-order valence-corrected chi connectivity index (χ3v) is 6.69. The molecule has 7 heteroatoms. The summed E-state index contributed by atoms with van der Waals surface area (Å²) in [6, 6.07) is 14.1. The highest BCUT2D eigenvalue weighted by Crippen LogP contribution is 2.26. The second kappa shape index (κ2) is 9.67. The number of hydrogen-bond donors (Lipinski definition) is 1. The van der Waals surface area contributed by atoms with Gasteiger partial charge in [0.15, 0.2) is 0 Å². The lowest BCUT2D eigenvalue weighted by Gasteiger charge is -2.28. The van der Waals surface area contributed by atoms with E-state index in [1.807, 2.05) is 35.4 Å². The average Bonchev–Trinajstić information content (AvgIpc) is 3.35. The number of amides is 1. The molecule has 0 radical (unpaired) electrons. The monoisotopic (exact) mass is 443 g/mol. The number of carbonyl (C=O) groups excluding carboxylic acids is 1. The van der Waals surface area contributed by atoms with Crippen LogP contribution in [0.15, 0.2) is 59.7 Å². The van der Waals surface area contributed by atoms with Gasteiger partial charge >= 0.3 is 0 Å². The Morgan fingerprint density at radius 2 is 1.94 bits per heavy atom. The summed E-state index contributed by atoms with van der Waals surface area (Å²) in [7, 11) is 0. The number of rotatable bonds is 6. The molecule has 1 fully saturated rings. The van der Waals surface area contributed by atoms with Crippen molar-refractivity contribution in [1.82, 2.24) is 24.8 Å². The van der Waals surface area contributed by atoms with Gasteiger partial charge in [-0.3, -0.25) is 19.5 Å². The summed E-state index contributed by atoms with van der Waals surface area (Å²) in [5, 5.41) is 0. The fraction of sp³-hybridized carbons (Fsp3) is 0.385. The molecule has 0 saturated carbocycles. The fourth-order valence-corrected chi connectivity index (χ4v) is 4.84. The summed E-state index contributed by atoms with van der Waals surface area (Å²) < 4.78 is 0. The first kappa shape index (κ1) is 21.5. The van der Waals surface area contributed by atoms with Gasteiger partial charge in [-0.15, -0.1) is 0 Å². The van der Waals surface area contributed by atoms with Crippen molar-refractivity contribution in [3.8, 4) is 0 Å². The highest BCUT2D eigenvalue weighted by atomic mass is 16.2. The van der Waals surface area contributed by atoms with Crippen molar-refractivity contribution in [1.29, 1.82) is 0 Å². The van der Waals surface area contributed by atoms with Crippen LogP contribution in [0.4, 0.5) is 0 Å². The Labute approximate surface area is 193 Å². The van der Waals surface area contributed by atoms with Crippen LogP contribution in [0.3, 0.4) is 0 Å². The summed E-state index contributed by atoms with van der Waals surface area (Å²) in [6.07, 6.45) is 6.51. The van der Waals surface area contributed by atoms with Crippen LogP contribution in [0.2, 0.25) is 0 Å². The average molecular weight is 444 g/mol. The number of pyridine rings is 1. The van der Waals surface area contributed by atoms with Crippen molar-refractivity contribution < 1.29 is 4.79 Å². The molecule has 0 aliphatic carbocycles. The number of fused-ring (bicyclic) bond motifs is 1. The summed E-state index contributed by atoms with van der Waals surface area (Å²) in [5.41, 5.74) is 3.96. The summed E-state index contributed by atoms with van der Waals surface area (Å²) in [6.45, 7) is 3.59. The number of nitrogens with zero attached hydrogens (tertiary/aromatic N) is 4. The molecule has 1 unspecified atom stereocenters. The van der Waals surface area contributed by atoms with Crippen molar-refractivity contribution in [2.45, 2.75) is 44.7 Å². The third-order valence-electron chi connectivity index (χ3n) is 6.69. The zero-order valence-electron chi connectivity index (χ0n) is 18.7. The zero-order chi connectivity index (χ0) is 22.6. The van der Waals surface area contributed by atoms with Crippen LogP contribution in [0.5, 0.6) is 0 Å². The molecule has 0 spiro atoms. The molecule has 1 saturated heterocycles. The van der Waals surface area contributed by atoms with E-state index in [1.165, 1.54) is 5.56 Å². The number of aromatic nitrogens is 3. The van der Waals surface area contributed by atoms with Crippen molar-refractivity contribution >= 4 is 5.91 Å². The Bertz CT molecular complexity index is 1160. The van der Waals surface area contributed by atoms with Gasteiger partial charge in [-0.2, -0.15) is 0 Å². The van der Waals surface area contributed by atoms with Crippen LogP contribution in [-0.4, -0.2) is 50.3 Å². The molecule has 1 amide bonds. The molecule has 5 rings (SSSR count). The number of carbonyl (C=O) groups is 1. The van der Waals surface area contributed by atoms with Crippen molar-refractivity contribution in [3.05, 3.63) is 93.4 Å². The van der Waals surface area contributed by atoms with E-state index in [4.69, 9.17) is 4.98 Å². The molecule has 0 bridgehead atoms. The first-order valence-electron chi connectivity index (χ1n) is 11.7. The molecule has 2 aliphatic heterocycles. The van der Waals surface area contributed by atoms with Gasteiger partial charge in [0.1, 0.15) is 5.82 Å². The van der Waals surface area contributed by atoms with E-state index in [0.717, 1.165) is 61.5 Å². The van der Waals surface area contributed by atoms with Crippen LogP contribution in [0.1, 0.15) is 47.0 Å². The zero-order valence-corrected chi connectivity index (χ0v) is 18.7. The third kappa shape index (κ3) is 5.03. The normalized spacial score (nSPS) is 18.3. The molecule has 1 atom stereocenters. The number of nitrogens with one attached hydrogen (secondary N) is 1. The van der Waals surface area contributed by atoms with Gasteiger partial charge in [0, 0.05) is 63.9 Å². The Kier molecular flexibility index (Phi) is 6.30. The molecule has 33 heavy (non-hydrogen) atoms. The summed E-state index contributed by atoms with van der Waals surface area (Å²) >= 11 is 0. The minimum absolute atomic E-state index is 0.0419. The topological polar surface area (TPSA) is 82.2 Å². The fourth-order valence-electron chi connectivity index (χ4n) is 4.84. The number of likely N-dealkylation sites (tertiary alicyclic amines) is 1. The molecule has 170 valence electrons. The maximum atomic E-state index is 12.9. The molecular formula is C26H29N5O2. The number of H-pyrrole nitrogens is 1. The predicted molar refractivity (Wildman–Crippen MR) is 126 cm³/mol. The van der Waals surface area contributed by atoms with E-state index in [2.05, 4.69) is 33.1 Å². The predicted octanol–water partition coefficient (Wildman–Crippen LogP) is 2.67. The van der Waals surface area contributed by atoms with Gasteiger partial charge in [0.2, 0.25) is 5.91 Å². The molecule has 1 N–H and O–H groups in total. The Morgan fingerprint density at radius 3 is 2.76 bits per heavy atom. The number of aryl methyl sites for hydroxylation is 1. The van der Waals surface area contributed by atoms with E-state index in [-0.39, 0.29) is 17.4 Å². The maximum absolute atomic E-state index is 12.9. The maximum Gasteiger partial charge on any atom is 0.255 e. The lowest BCUT2D eigenvalue weighted by molar-refractivity contribution is -0.130. The van der Waals surface area contributed by atoms with Crippen molar-refractivity contribution in [2.24, 2.45) is 0 Å². The first-order valence-corrected chi connectivity index (χ1v) is 11.7. The second-order valence-corrected chi connectivity index (χ2v) is 9.01. The van der Waals surface area contributed by atoms with E-state index in [9.17, 15) is 9.59 Å². The second-order valence-electron chi connectivity index (χ2n) is 9.01. The molecular weight excluding hydrogens is 414 g/mol. The van der Waals surface area contributed by atoms with Gasteiger partial charge < -0.3 is 9.88 Å². The lowest BCUT2D eigenvalue weighted by Crippen LogP contribution is -2.36. The molecule has 1 aromatic carbocycles. The molecule has 3 aromatic rings. The van der Waals surface area contributed by atoms with Gasteiger partial charge in [0.25, 0.3) is 5.56 Å². The van der Waals surface area contributed by atoms with E-state index in [0.29, 0.717) is 19.5 Å². The highest BCUT2D eigenvalue weighted by molar-refractivity contribution is 5.76. The minimum Gasteiger partial charge on any atom is -0.342 e. The van der Waals surface area contributed by atoms with Gasteiger partial charge in [-0.05, 0) is 30.0 Å².